The molecule has 1 atom stereocenters. The van der Waals surface area contributed by atoms with Crippen LogP contribution in [0.2, 0.25) is 10.0 Å². The molecular weight excluding hydrogens is 481 g/mol. The average Bonchev–Trinajstić information content (AvgIpc) is 3.20. The second kappa shape index (κ2) is 11.5. The first-order valence-electron chi connectivity index (χ1n) is 10.5. The highest BCUT2D eigenvalue weighted by Gasteiger charge is 2.26. The van der Waals surface area contributed by atoms with Gasteiger partial charge in [-0.2, -0.15) is 0 Å². The lowest BCUT2D eigenvalue weighted by Gasteiger charge is -2.22. The summed E-state index contributed by atoms with van der Waals surface area (Å²) in [5.41, 5.74) is 1.07. The Labute approximate surface area is 207 Å². The van der Waals surface area contributed by atoms with Gasteiger partial charge in [-0.05, 0) is 43.2 Å². The zero-order chi connectivity index (χ0) is 24.0. The van der Waals surface area contributed by atoms with E-state index in [0.717, 1.165) is 0 Å². The van der Waals surface area contributed by atoms with Crippen LogP contribution in [0.4, 0.5) is 5.69 Å². The van der Waals surface area contributed by atoms with Crippen molar-refractivity contribution in [2.75, 3.05) is 11.1 Å². The maximum atomic E-state index is 12.7. The molecule has 33 heavy (non-hydrogen) atoms. The van der Waals surface area contributed by atoms with Crippen molar-refractivity contribution in [2.45, 2.75) is 38.5 Å². The third-order valence-electron chi connectivity index (χ3n) is 4.87. The van der Waals surface area contributed by atoms with Gasteiger partial charge in [0.2, 0.25) is 5.91 Å². The predicted molar refractivity (Wildman–Crippen MR) is 133 cm³/mol. The van der Waals surface area contributed by atoms with Crippen molar-refractivity contribution >= 4 is 52.5 Å². The number of rotatable bonds is 9. The zero-order valence-electron chi connectivity index (χ0n) is 18.5. The van der Waals surface area contributed by atoms with Crippen molar-refractivity contribution < 1.29 is 9.59 Å². The monoisotopic (exact) mass is 505 g/mol. The molecule has 1 aromatic heterocycles. The maximum absolute atomic E-state index is 12.7. The van der Waals surface area contributed by atoms with Gasteiger partial charge in [0.1, 0.15) is 0 Å². The zero-order valence-corrected chi connectivity index (χ0v) is 20.8. The largest absolute Gasteiger partial charge is 0.342 e. The topological polar surface area (TPSA) is 88.9 Å². The van der Waals surface area contributed by atoms with Gasteiger partial charge in [-0.25, -0.2) is 0 Å². The second-order valence-corrected chi connectivity index (χ2v) is 9.39. The molecule has 2 aromatic carbocycles. The molecule has 0 unspecified atom stereocenters. The van der Waals surface area contributed by atoms with Crippen LogP contribution in [-0.2, 0) is 11.3 Å². The van der Waals surface area contributed by atoms with Gasteiger partial charge < -0.3 is 15.2 Å². The first kappa shape index (κ1) is 25.1. The minimum absolute atomic E-state index is 0.0837. The summed E-state index contributed by atoms with van der Waals surface area (Å²) in [6, 6.07) is 13.6. The molecule has 174 valence electrons. The molecule has 0 bridgehead atoms. The summed E-state index contributed by atoms with van der Waals surface area (Å²) in [4.78, 5) is 25.2. The number of benzene rings is 2. The molecule has 0 aliphatic rings. The second-order valence-electron chi connectivity index (χ2n) is 7.61. The Morgan fingerprint density at radius 1 is 1.09 bits per heavy atom. The van der Waals surface area contributed by atoms with Crippen LogP contribution in [0, 0.1) is 5.92 Å². The molecule has 2 amide bonds. The average molecular weight is 506 g/mol. The Hall–Kier alpha value is -2.55. The number of anilines is 1. The molecule has 0 aliphatic heterocycles. The van der Waals surface area contributed by atoms with Crippen molar-refractivity contribution in [2.24, 2.45) is 5.92 Å². The van der Waals surface area contributed by atoms with Gasteiger partial charge in [-0.3, -0.25) is 9.59 Å². The Kier molecular flexibility index (Phi) is 8.77. The number of hydrogen-bond acceptors (Lipinski definition) is 5. The van der Waals surface area contributed by atoms with Gasteiger partial charge in [-0.15, -0.1) is 10.2 Å². The number of carbonyl (C=O) groups is 2. The van der Waals surface area contributed by atoms with E-state index in [1.54, 1.807) is 30.3 Å². The van der Waals surface area contributed by atoms with Crippen LogP contribution in [0.1, 0.15) is 43.0 Å². The third kappa shape index (κ3) is 6.50. The van der Waals surface area contributed by atoms with Crippen molar-refractivity contribution in [3.63, 3.8) is 0 Å². The molecule has 10 heteroatoms. The number of halogens is 2. The summed E-state index contributed by atoms with van der Waals surface area (Å²) in [6.45, 7) is 6.60. The summed E-state index contributed by atoms with van der Waals surface area (Å²) >= 11 is 13.3. The van der Waals surface area contributed by atoms with E-state index in [0.29, 0.717) is 38.8 Å². The van der Waals surface area contributed by atoms with Crippen LogP contribution in [0.3, 0.4) is 0 Å². The lowest BCUT2D eigenvalue weighted by molar-refractivity contribution is -0.113. The normalized spacial score (nSPS) is 11.9. The molecule has 3 rings (SSSR count). The Morgan fingerprint density at radius 2 is 1.82 bits per heavy atom. The molecule has 0 radical (unpaired) electrons. The van der Waals surface area contributed by atoms with Crippen molar-refractivity contribution in [3.8, 4) is 0 Å². The van der Waals surface area contributed by atoms with E-state index in [2.05, 4.69) is 20.8 Å². The number of carbonyl (C=O) groups excluding carboxylic acids is 2. The highest BCUT2D eigenvalue weighted by molar-refractivity contribution is 7.99. The Bertz CT molecular complexity index is 1120. The Morgan fingerprint density at radius 3 is 2.45 bits per heavy atom. The molecule has 0 saturated carbocycles. The highest BCUT2D eigenvalue weighted by atomic mass is 35.5. The summed E-state index contributed by atoms with van der Waals surface area (Å²) in [7, 11) is 0. The first-order chi connectivity index (χ1) is 15.8. The number of hydrogen-bond donors (Lipinski definition) is 2. The van der Waals surface area contributed by atoms with Gasteiger partial charge in [-0.1, -0.05) is 67.0 Å². The van der Waals surface area contributed by atoms with Crippen LogP contribution >= 0.6 is 35.0 Å². The summed E-state index contributed by atoms with van der Waals surface area (Å²) in [5, 5.41) is 15.9. The van der Waals surface area contributed by atoms with Crippen molar-refractivity contribution in [3.05, 3.63) is 70.0 Å². The molecule has 1 heterocycles. The van der Waals surface area contributed by atoms with E-state index in [-0.39, 0.29) is 29.5 Å². The number of nitrogens with one attached hydrogen (secondary N) is 2. The molecule has 2 N–H and O–H groups in total. The number of thioether (sulfide) groups is 1. The molecule has 0 fully saturated rings. The molecule has 0 aliphatic carbocycles. The van der Waals surface area contributed by atoms with Crippen LogP contribution in [0.5, 0.6) is 0 Å². The van der Waals surface area contributed by atoms with Crippen LogP contribution < -0.4 is 10.6 Å². The van der Waals surface area contributed by atoms with E-state index in [4.69, 9.17) is 23.2 Å². The fourth-order valence-electron chi connectivity index (χ4n) is 3.18. The number of aromatic nitrogens is 3. The predicted octanol–water partition coefficient (Wildman–Crippen LogP) is 5.46. The van der Waals surface area contributed by atoms with E-state index in [1.165, 1.54) is 11.8 Å². The number of amides is 2. The van der Waals surface area contributed by atoms with E-state index >= 15 is 0 Å². The standard InChI is InChI=1S/C23H25Cl2N5O2S/c1-4-30-21(20(14(2)3)27-22(32)15-8-6-5-7-9-15)28-29-23(30)33-13-19(31)26-18-11-10-16(24)12-17(18)25/h5-12,14,20H,4,13H2,1-3H3,(H,26,31)(H,27,32)/t20-/m1/s1. The molecule has 0 spiro atoms. The van der Waals surface area contributed by atoms with Gasteiger partial charge in [0.25, 0.3) is 5.91 Å². The fourth-order valence-corrected chi connectivity index (χ4v) is 4.45. The SMILES string of the molecule is CCn1c(SCC(=O)Nc2ccc(Cl)cc2Cl)nnc1[C@H](NC(=O)c1ccccc1)C(C)C. The van der Waals surface area contributed by atoms with E-state index in [1.807, 2.05) is 43.5 Å². The smallest absolute Gasteiger partial charge is 0.251 e. The quantitative estimate of drug-likeness (QED) is 0.376. The number of nitrogens with zero attached hydrogens (tertiary/aromatic N) is 3. The first-order valence-corrected chi connectivity index (χ1v) is 12.2. The van der Waals surface area contributed by atoms with Crippen LogP contribution in [0.15, 0.2) is 53.7 Å². The lowest BCUT2D eigenvalue weighted by Crippen LogP contribution is -2.33. The van der Waals surface area contributed by atoms with Gasteiger partial charge in [0.05, 0.1) is 22.5 Å². The minimum atomic E-state index is -0.332. The summed E-state index contributed by atoms with van der Waals surface area (Å²) in [5.74, 6) is 0.461. The highest BCUT2D eigenvalue weighted by Crippen LogP contribution is 2.27. The van der Waals surface area contributed by atoms with Gasteiger partial charge in [0.15, 0.2) is 11.0 Å². The van der Waals surface area contributed by atoms with Crippen molar-refractivity contribution in [1.82, 2.24) is 20.1 Å². The van der Waals surface area contributed by atoms with Crippen molar-refractivity contribution in [1.29, 1.82) is 0 Å². The van der Waals surface area contributed by atoms with Crippen LogP contribution in [0.25, 0.3) is 0 Å². The lowest BCUT2D eigenvalue weighted by atomic mass is 10.0. The Balaban J connectivity index is 1.70. The summed E-state index contributed by atoms with van der Waals surface area (Å²) in [6.07, 6.45) is 0. The van der Waals surface area contributed by atoms with Gasteiger partial charge in [0, 0.05) is 17.1 Å². The fraction of sp³-hybridized carbons (Fsp3) is 0.304. The maximum Gasteiger partial charge on any atom is 0.251 e. The molecular formula is C23H25Cl2N5O2S. The third-order valence-corrected chi connectivity index (χ3v) is 6.38. The molecule has 0 saturated heterocycles. The van der Waals surface area contributed by atoms with E-state index in [9.17, 15) is 9.59 Å². The summed E-state index contributed by atoms with van der Waals surface area (Å²) < 4.78 is 1.92. The van der Waals surface area contributed by atoms with Gasteiger partial charge >= 0.3 is 0 Å². The molecule has 3 aromatic rings. The molecule has 7 nitrogen and oxygen atoms in total. The van der Waals surface area contributed by atoms with Crippen LogP contribution in [-0.4, -0.2) is 32.3 Å². The minimum Gasteiger partial charge on any atom is -0.342 e. The van der Waals surface area contributed by atoms with E-state index < -0.39 is 0 Å².